The Morgan fingerprint density at radius 3 is 2.35 bits per heavy atom. The van der Waals surface area contributed by atoms with Crippen LogP contribution in [0, 0.1) is 11.6 Å². The average Bonchev–Trinajstić information content (AvgIpc) is 2.50. The maximum Gasteiger partial charge on any atom is 0.258 e. The first-order valence-electron chi connectivity index (χ1n) is 7.21. The van der Waals surface area contributed by atoms with Gasteiger partial charge in [-0.2, -0.15) is 0 Å². The van der Waals surface area contributed by atoms with Gasteiger partial charge in [0.1, 0.15) is 11.6 Å². The number of hydrogen-bond acceptors (Lipinski definition) is 3. The van der Waals surface area contributed by atoms with Gasteiger partial charge in [-0.25, -0.2) is 8.78 Å². The molecule has 1 N–H and O–H groups in total. The molecule has 0 atom stereocenters. The van der Waals surface area contributed by atoms with Crippen molar-refractivity contribution in [3.05, 3.63) is 53.6 Å². The van der Waals surface area contributed by atoms with Gasteiger partial charge in [-0.1, -0.05) is 0 Å². The standard InChI is InChI=1S/C17H17F2NO3/c1-3-22-15-8-6-12(10-16(15)23-4-2)20-17(21)13-7-5-11(18)9-14(13)19/h5-10H,3-4H2,1-2H3,(H,20,21). The molecule has 0 fully saturated rings. The second-order valence-corrected chi connectivity index (χ2v) is 4.61. The third-order valence-corrected chi connectivity index (χ3v) is 2.98. The highest BCUT2D eigenvalue weighted by Gasteiger charge is 2.14. The summed E-state index contributed by atoms with van der Waals surface area (Å²) < 4.78 is 37.4. The maximum atomic E-state index is 13.6. The third kappa shape index (κ3) is 4.18. The summed E-state index contributed by atoms with van der Waals surface area (Å²) >= 11 is 0. The van der Waals surface area contributed by atoms with Crippen LogP contribution in [0.1, 0.15) is 24.2 Å². The molecule has 0 unspecified atom stereocenters. The topological polar surface area (TPSA) is 47.6 Å². The smallest absolute Gasteiger partial charge is 0.258 e. The minimum Gasteiger partial charge on any atom is -0.490 e. The second-order valence-electron chi connectivity index (χ2n) is 4.61. The number of benzene rings is 2. The van der Waals surface area contributed by atoms with E-state index in [1.165, 1.54) is 0 Å². The molecule has 0 aromatic heterocycles. The summed E-state index contributed by atoms with van der Waals surface area (Å²) in [6.07, 6.45) is 0. The summed E-state index contributed by atoms with van der Waals surface area (Å²) in [6.45, 7) is 4.59. The molecule has 0 heterocycles. The molecule has 2 aromatic carbocycles. The summed E-state index contributed by atoms with van der Waals surface area (Å²) in [6, 6.07) is 7.66. The molecule has 0 aliphatic rings. The first-order valence-corrected chi connectivity index (χ1v) is 7.21. The van der Waals surface area contributed by atoms with Gasteiger partial charge >= 0.3 is 0 Å². The van der Waals surface area contributed by atoms with E-state index in [-0.39, 0.29) is 5.56 Å². The highest BCUT2D eigenvalue weighted by atomic mass is 19.1. The number of anilines is 1. The highest BCUT2D eigenvalue weighted by Crippen LogP contribution is 2.30. The van der Waals surface area contributed by atoms with E-state index in [1.54, 1.807) is 18.2 Å². The van der Waals surface area contributed by atoms with Gasteiger partial charge < -0.3 is 14.8 Å². The molecule has 2 rings (SSSR count). The van der Waals surface area contributed by atoms with Crippen LogP contribution in [0.25, 0.3) is 0 Å². The van der Waals surface area contributed by atoms with E-state index in [2.05, 4.69) is 5.32 Å². The summed E-state index contributed by atoms with van der Waals surface area (Å²) in [7, 11) is 0. The Kier molecular flexibility index (Phi) is 5.51. The zero-order valence-corrected chi connectivity index (χ0v) is 12.9. The van der Waals surface area contributed by atoms with Gasteiger partial charge in [0.15, 0.2) is 11.5 Å². The number of halogens is 2. The molecule has 122 valence electrons. The number of carbonyl (C=O) groups is 1. The summed E-state index contributed by atoms with van der Waals surface area (Å²) in [4.78, 5) is 12.1. The van der Waals surface area contributed by atoms with Crippen molar-refractivity contribution in [1.82, 2.24) is 0 Å². The molecule has 0 saturated heterocycles. The van der Waals surface area contributed by atoms with Crippen LogP contribution >= 0.6 is 0 Å². The Morgan fingerprint density at radius 1 is 1.00 bits per heavy atom. The van der Waals surface area contributed by atoms with Crippen molar-refractivity contribution >= 4 is 11.6 Å². The van der Waals surface area contributed by atoms with E-state index in [0.717, 1.165) is 12.1 Å². The van der Waals surface area contributed by atoms with Crippen LogP contribution in [0.5, 0.6) is 11.5 Å². The van der Waals surface area contributed by atoms with Gasteiger partial charge in [0.2, 0.25) is 0 Å². The molecule has 0 aliphatic carbocycles. The molecule has 0 saturated carbocycles. The zero-order chi connectivity index (χ0) is 16.8. The fraction of sp³-hybridized carbons (Fsp3) is 0.235. The van der Waals surface area contributed by atoms with Crippen molar-refractivity contribution in [1.29, 1.82) is 0 Å². The van der Waals surface area contributed by atoms with E-state index in [9.17, 15) is 13.6 Å². The molecule has 2 aromatic rings. The lowest BCUT2D eigenvalue weighted by Gasteiger charge is -2.13. The quantitative estimate of drug-likeness (QED) is 0.874. The van der Waals surface area contributed by atoms with E-state index >= 15 is 0 Å². The number of rotatable bonds is 6. The van der Waals surface area contributed by atoms with E-state index in [1.807, 2.05) is 13.8 Å². The lowest BCUT2D eigenvalue weighted by molar-refractivity contribution is 0.102. The Morgan fingerprint density at radius 2 is 1.70 bits per heavy atom. The predicted molar refractivity (Wildman–Crippen MR) is 83.1 cm³/mol. The van der Waals surface area contributed by atoms with Gasteiger partial charge in [-0.05, 0) is 38.1 Å². The Bertz CT molecular complexity index is 704. The van der Waals surface area contributed by atoms with Crippen molar-refractivity contribution in [3.8, 4) is 11.5 Å². The van der Waals surface area contributed by atoms with Crippen LogP contribution < -0.4 is 14.8 Å². The van der Waals surface area contributed by atoms with Crippen molar-refractivity contribution in [2.24, 2.45) is 0 Å². The van der Waals surface area contributed by atoms with Crippen molar-refractivity contribution in [2.75, 3.05) is 18.5 Å². The van der Waals surface area contributed by atoms with Crippen LogP contribution in [0.15, 0.2) is 36.4 Å². The fourth-order valence-corrected chi connectivity index (χ4v) is 2.00. The summed E-state index contributed by atoms with van der Waals surface area (Å²) in [5.74, 6) is -1.29. The lowest BCUT2D eigenvalue weighted by Crippen LogP contribution is -2.14. The molecular weight excluding hydrogens is 304 g/mol. The molecule has 0 spiro atoms. The first-order chi connectivity index (χ1) is 11.0. The number of ether oxygens (including phenoxy) is 2. The monoisotopic (exact) mass is 321 g/mol. The van der Waals surface area contributed by atoms with Gasteiger partial charge in [0, 0.05) is 17.8 Å². The molecule has 4 nitrogen and oxygen atoms in total. The minimum atomic E-state index is -0.918. The maximum absolute atomic E-state index is 13.6. The largest absolute Gasteiger partial charge is 0.490 e. The molecule has 0 radical (unpaired) electrons. The van der Waals surface area contributed by atoms with Crippen LogP contribution in [0.3, 0.4) is 0 Å². The normalized spacial score (nSPS) is 10.3. The Labute approximate surface area is 133 Å². The third-order valence-electron chi connectivity index (χ3n) is 2.98. The average molecular weight is 321 g/mol. The van der Waals surface area contributed by atoms with Crippen LogP contribution in [-0.2, 0) is 0 Å². The number of amides is 1. The van der Waals surface area contributed by atoms with E-state index in [4.69, 9.17) is 9.47 Å². The van der Waals surface area contributed by atoms with Gasteiger partial charge in [0.25, 0.3) is 5.91 Å². The van der Waals surface area contributed by atoms with Crippen LogP contribution in [-0.4, -0.2) is 19.1 Å². The zero-order valence-electron chi connectivity index (χ0n) is 12.9. The predicted octanol–water partition coefficient (Wildman–Crippen LogP) is 4.01. The second kappa shape index (κ2) is 7.58. The summed E-state index contributed by atoms with van der Waals surface area (Å²) in [5, 5.41) is 2.55. The molecular formula is C17H17F2NO3. The van der Waals surface area contributed by atoms with Gasteiger partial charge in [-0.3, -0.25) is 4.79 Å². The van der Waals surface area contributed by atoms with Crippen LogP contribution in [0.2, 0.25) is 0 Å². The Hall–Kier alpha value is -2.63. The molecule has 0 bridgehead atoms. The van der Waals surface area contributed by atoms with Crippen LogP contribution in [0.4, 0.5) is 14.5 Å². The SMILES string of the molecule is CCOc1ccc(NC(=O)c2ccc(F)cc2F)cc1OCC. The highest BCUT2D eigenvalue weighted by molar-refractivity contribution is 6.04. The molecule has 1 amide bonds. The van der Waals surface area contributed by atoms with Gasteiger partial charge in [0.05, 0.1) is 18.8 Å². The molecule has 23 heavy (non-hydrogen) atoms. The molecule has 6 heteroatoms. The number of carbonyl (C=O) groups excluding carboxylic acids is 1. The van der Waals surface area contributed by atoms with Crippen molar-refractivity contribution in [3.63, 3.8) is 0 Å². The number of hydrogen-bond donors (Lipinski definition) is 1. The van der Waals surface area contributed by atoms with Crippen molar-refractivity contribution in [2.45, 2.75) is 13.8 Å². The van der Waals surface area contributed by atoms with E-state index in [0.29, 0.717) is 36.5 Å². The summed E-state index contributed by atoms with van der Waals surface area (Å²) in [5.41, 5.74) is 0.184. The lowest BCUT2D eigenvalue weighted by atomic mass is 10.2. The van der Waals surface area contributed by atoms with E-state index < -0.39 is 17.5 Å². The first kappa shape index (κ1) is 16.7. The van der Waals surface area contributed by atoms with Gasteiger partial charge in [-0.15, -0.1) is 0 Å². The fourth-order valence-electron chi connectivity index (χ4n) is 2.00. The van der Waals surface area contributed by atoms with Crippen molar-refractivity contribution < 1.29 is 23.0 Å². The Balaban J connectivity index is 2.21. The molecule has 0 aliphatic heterocycles. The minimum absolute atomic E-state index is 0.238. The number of nitrogens with one attached hydrogen (secondary N) is 1.